The Morgan fingerprint density at radius 1 is 0.750 bits per heavy atom. The van der Waals surface area contributed by atoms with Crippen molar-refractivity contribution in [3.05, 3.63) is 24.3 Å². The molecule has 0 unspecified atom stereocenters. The van der Waals surface area contributed by atoms with Crippen LogP contribution in [0, 0.1) is 11.8 Å². The Morgan fingerprint density at radius 3 is 2.04 bits per heavy atom. The molecule has 1 N–H and O–H groups in total. The highest BCUT2D eigenvalue weighted by Gasteiger charge is 2.31. The summed E-state index contributed by atoms with van der Waals surface area (Å²) in [6.07, 6.45) is 9.81. The molecule has 2 aliphatic heterocycles. The number of nitrogens with one attached hydrogen (secondary N) is 1. The third kappa shape index (κ3) is 4.50. The first-order valence-corrected chi connectivity index (χ1v) is 11.2. The van der Waals surface area contributed by atoms with Crippen molar-refractivity contribution in [2.75, 3.05) is 36.4 Å². The normalized spacial score (nSPS) is 21.7. The van der Waals surface area contributed by atoms with E-state index in [9.17, 15) is 9.59 Å². The Balaban J connectivity index is 1.25. The predicted molar refractivity (Wildman–Crippen MR) is 112 cm³/mol. The van der Waals surface area contributed by atoms with Crippen molar-refractivity contribution in [1.29, 1.82) is 0 Å². The van der Waals surface area contributed by atoms with Gasteiger partial charge < -0.3 is 15.1 Å². The van der Waals surface area contributed by atoms with Crippen LogP contribution in [-0.4, -0.2) is 42.9 Å². The highest BCUT2D eigenvalue weighted by molar-refractivity contribution is 5.93. The first-order valence-electron chi connectivity index (χ1n) is 11.2. The number of hydrogen-bond donors (Lipinski definition) is 1. The largest absolute Gasteiger partial charge is 0.372 e. The number of carbonyl (C=O) groups is 2. The minimum Gasteiger partial charge on any atom is -0.372 e. The van der Waals surface area contributed by atoms with Gasteiger partial charge in [0.2, 0.25) is 11.8 Å². The lowest BCUT2D eigenvalue weighted by Gasteiger charge is -2.34. The van der Waals surface area contributed by atoms with Crippen LogP contribution in [0.1, 0.15) is 57.8 Å². The predicted octanol–water partition coefficient (Wildman–Crippen LogP) is 4.04. The second kappa shape index (κ2) is 8.97. The van der Waals surface area contributed by atoms with Gasteiger partial charge in [-0.05, 0) is 62.8 Å². The lowest BCUT2D eigenvalue weighted by molar-refractivity contribution is -0.139. The molecule has 3 aliphatic rings. The van der Waals surface area contributed by atoms with Crippen molar-refractivity contribution >= 4 is 23.2 Å². The first kappa shape index (κ1) is 19.3. The van der Waals surface area contributed by atoms with Crippen LogP contribution >= 0.6 is 0 Å². The first-order chi connectivity index (χ1) is 13.7. The molecule has 5 heteroatoms. The van der Waals surface area contributed by atoms with Crippen LogP contribution < -0.4 is 10.2 Å². The summed E-state index contributed by atoms with van der Waals surface area (Å²) in [5, 5.41) is 3.08. The van der Waals surface area contributed by atoms with Crippen molar-refractivity contribution in [3.63, 3.8) is 0 Å². The van der Waals surface area contributed by atoms with Crippen LogP contribution in [0.2, 0.25) is 0 Å². The average molecular weight is 384 g/mol. The molecule has 3 fully saturated rings. The van der Waals surface area contributed by atoms with E-state index in [-0.39, 0.29) is 17.7 Å². The summed E-state index contributed by atoms with van der Waals surface area (Å²) in [4.78, 5) is 29.7. The average Bonchev–Trinajstić information content (AvgIpc) is 3.29. The van der Waals surface area contributed by atoms with Crippen molar-refractivity contribution in [2.45, 2.75) is 57.8 Å². The number of nitrogens with zero attached hydrogens (tertiary/aromatic N) is 2. The monoisotopic (exact) mass is 383 g/mol. The molecular weight excluding hydrogens is 350 g/mol. The Labute approximate surface area is 168 Å². The molecule has 152 valence electrons. The number of likely N-dealkylation sites (tertiary alicyclic amines) is 1. The molecule has 4 rings (SSSR count). The third-order valence-electron chi connectivity index (χ3n) is 6.74. The van der Waals surface area contributed by atoms with Crippen LogP contribution in [0.25, 0.3) is 0 Å². The van der Waals surface area contributed by atoms with E-state index in [4.69, 9.17) is 0 Å². The van der Waals surface area contributed by atoms with E-state index in [0.29, 0.717) is 5.91 Å². The molecule has 28 heavy (non-hydrogen) atoms. The van der Waals surface area contributed by atoms with E-state index in [1.807, 2.05) is 17.0 Å². The van der Waals surface area contributed by atoms with Gasteiger partial charge in [0.25, 0.3) is 0 Å². The molecule has 1 saturated carbocycles. The summed E-state index contributed by atoms with van der Waals surface area (Å²) >= 11 is 0. The Bertz CT molecular complexity index is 668. The fraction of sp³-hybridized carbons (Fsp3) is 0.652. The molecule has 2 saturated heterocycles. The summed E-state index contributed by atoms with van der Waals surface area (Å²) in [5.74, 6) is 0.664. The van der Waals surface area contributed by atoms with E-state index in [0.717, 1.165) is 57.5 Å². The summed E-state index contributed by atoms with van der Waals surface area (Å²) < 4.78 is 0. The summed E-state index contributed by atoms with van der Waals surface area (Å²) in [6.45, 7) is 3.70. The number of hydrogen-bond acceptors (Lipinski definition) is 3. The van der Waals surface area contributed by atoms with Crippen molar-refractivity contribution in [3.8, 4) is 0 Å². The van der Waals surface area contributed by atoms with Crippen LogP contribution in [0.3, 0.4) is 0 Å². The maximum absolute atomic E-state index is 12.7. The number of anilines is 2. The van der Waals surface area contributed by atoms with Gasteiger partial charge in [-0.3, -0.25) is 9.59 Å². The number of piperidine rings is 1. The number of carbonyl (C=O) groups excluding carboxylic acids is 2. The van der Waals surface area contributed by atoms with E-state index in [1.54, 1.807) is 0 Å². The molecule has 0 radical (unpaired) electrons. The molecule has 0 atom stereocenters. The maximum atomic E-state index is 12.7. The zero-order valence-electron chi connectivity index (χ0n) is 16.9. The minimum atomic E-state index is 0.00802. The van der Waals surface area contributed by atoms with Crippen LogP contribution in [-0.2, 0) is 9.59 Å². The van der Waals surface area contributed by atoms with Gasteiger partial charge in [-0.2, -0.15) is 0 Å². The van der Waals surface area contributed by atoms with Crippen molar-refractivity contribution in [1.82, 2.24) is 4.90 Å². The number of benzene rings is 1. The van der Waals surface area contributed by atoms with Gasteiger partial charge in [-0.1, -0.05) is 19.3 Å². The van der Waals surface area contributed by atoms with Gasteiger partial charge in [-0.25, -0.2) is 0 Å². The van der Waals surface area contributed by atoms with E-state index in [2.05, 4.69) is 22.3 Å². The highest BCUT2D eigenvalue weighted by atomic mass is 16.2. The highest BCUT2D eigenvalue weighted by Crippen LogP contribution is 2.28. The summed E-state index contributed by atoms with van der Waals surface area (Å²) in [6, 6.07) is 8.22. The molecule has 0 bridgehead atoms. The van der Waals surface area contributed by atoms with Gasteiger partial charge in [0.05, 0.1) is 0 Å². The molecule has 5 nitrogen and oxygen atoms in total. The molecule has 1 aliphatic carbocycles. The van der Waals surface area contributed by atoms with Crippen LogP contribution in [0.4, 0.5) is 11.4 Å². The topological polar surface area (TPSA) is 52.7 Å². The lowest BCUT2D eigenvalue weighted by atomic mass is 9.87. The molecule has 0 aromatic heterocycles. The van der Waals surface area contributed by atoms with Crippen LogP contribution in [0.15, 0.2) is 24.3 Å². The van der Waals surface area contributed by atoms with E-state index in [1.165, 1.54) is 37.8 Å². The SMILES string of the molecule is O=C(Nc1ccc(N2CCCC2)cc1)C1CCN(C(=O)C2CCCCC2)CC1. The molecule has 0 spiro atoms. The molecule has 1 aromatic rings. The number of amides is 2. The van der Waals surface area contributed by atoms with Gasteiger partial charge in [-0.15, -0.1) is 0 Å². The van der Waals surface area contributed by atoms with E-state index < -0.39 is 0 Å². The fourth-order valence-corrected chi connectivity index (χ4v) is 4.95. The second-order valence-electron chi connectivity index (χ2n) is 8.66. The zero-order chi connectivity index (χ0) is 19.3. The van der Waals surface area contributed by atoms with Gasteiger partial charge in [0, 0.05) is 49.4 Å². The maximum Gasteiger partial charge on any atom is 0.227 e. The summed E-state index contributed by atoms with van der Waals surface area (Å²) in [7, 11) is 0. The van der Waals surface area contributed by atoms with Gasteiger partial charge >= 0.3 is 0 Å². The molecular formula is C23H33N3O2. The standard InChI is InChI=1S/C23H33N3O2/c27-22(24-20-8-10-21(11-9-20)25-14-4-5-15-25)18-12-16-26(17-13-18)23(28)19-6-2-1-3-7-19/h8-11,18-19H,1-7,12-17H2,(H,24,27). The van der Waals surface area contributed by atoms with Crippen LogP contribution in [0.5, 0.6) is 0 Å². The van der Waals surface area contributed by atoms with Gasteiger partial charge in [0.1, 0.15) is 0 Å². The third-order valence-corrected chi connectivity index (χ3v) is 6.74. The lowest BCUT2D eigenvalue weighted by Crippen LogP contribution is -2.44. The molecule has 2 amide bonds. The minimum absolute atomic E-state index is 0.00802. The Morgan fingerprint density at radius 2 is 1.39 bits per heavy atom. The fourth-order valence-electron chi connectivity index (χ4n) is 4.95. The second-order valence-corrected chi connectivity index (χ2v) is 8.66. The summed E-state index contributed by atoms with van der Waals surface area (Å²) in [5.41, 5.74) is 2.11. The zero-order valence-corrected chi connectivity index (χ0v) is 16.9. The van der Waals surface area contributed by atoms with Gasteiger partial charge in [0.15, 0.2) is 0 Å². The van der Waals surface area contributed by atoms with Crippen molar-refractivity contribution in [2.24, 2.45) is 11.8 Å². The van der Waals surface area contributed by atoms with E-state index >= 15 is 0 Å². The number of rotatable bonds is 4. The van der Waals surface area contributed by atoms with Crippen molar-refractivity contribution < 1.29 is 9.59 Å². The smallest absolute Gasteiger partial charge is 0.227 e. The Hall–Kier alpha value is -2.04. The molecule has 2 heterocycles. The quantitative estimate of drug-likeness (QED) is 0.854. The Kier molecular flexibility index (Phi) is 6.18. The molecule has 1 aromatic carbocycles.